The van der Waals surface area contributed by atoms with Crippen molar-refractivity contribution < 1.29 is 9.90 Å². The first-order valence-electron chi connectivity index (χ1n) is 5.20. The van der Waals surface area contributed by atoms with Gasteiger partial charge >= 0.3 is 5.97 Å². The molecular weight excluding hydrogens is 244 g/mol. The molecule has 1 aliphatic carbocycles. The van der Waals surface area contributed by atoms with E-state index in [4.69, 9.17) is 11.6 Å². The van der Waals surface area contributed by atoms with Crippen molar-refractivity contribution in [3.63, 3.8) is 0 Å². The van der Waals surface area contributed by atoms with Gasteiger partial charge in [0.2, 0.25) is 0 Å². The van der Waals surface area contributed by atoms with Gasteiger partial charge in [-0.3, -0.25) is 4.79 Å². The first kappa shape index (κ1) is 11.8. The third-order valence-corrected chi connectivity index (χ3v) is 4.80. The Labute approximate surface area is 104 Å². The van der Waals surface area contributed by atoms with Gasteiger partial charge in [0.15, 0.2) is 0 Å². The van der Waals surface area contributed by atoms with Crippen molar-refractivity contribution in [2.24, 2.45) is 5.92 Å². The van der Waals surface area contributed by atoms with Crippen LogP contribution in [0.25, 0.3) is 0 Å². The SMILES string of the molecule is CC1CC(Sc2ccccc2Cl)(C(=O)O)C1. The number of hydrogen-bond acceptors (Lipinski definition) is 2. The molecule has 1 aromatic carbocycles. The van der Waals surface area contributed by atoms with E-state index in [1.165, 1.54) is 11.8 Å². The zero-order valence-corrected chi connectivity index (χ0v) is 10.5. The number of thioether (sulfide) groups is 1. The van der Waals surface area contributed by atoms with Gasteiger partial charge in [-0.15, -0.1) is 11.8 Å². The van der Waals surface area contributed by atoms with Crippen molar-refractivity contribution in [1.29, 1.82) is 0 Å². The summed E-state index contributed by atoms with van der Waals surface area (Å²) in [7, 11) is 0. The normalized spacial score (nSPS) is 28.5. The fraction of sp³-hybridized carbons (Fsp3) is 0.417. The number of carbonyl (C=O) groups is 1. The summed E-state index contributed by atoms with van der Waals surface area (Å²) in [6, 6.07) is 7.40. The molecule has 1 saturated carbocycles. The minimum Gasteiger partial charge on any atom is -0.480 e. The number of carboxylic acid groups (broad SMARTS) is 1. The molecule has 2 nitrogen and oxygen atoms in total. The second kappa shape index (κ2) is 4.30. The first-order valence-corrected chi connectivity index (χ1v) is 6.40. The Kier molecular flexibility index (Phi) is 3.17. The molecule has 4 heteroatoms. The lowest BCUT2D eigenvalue weighted by Crippen LogP contribution is -2.46. The molecule has 1 fully saturated rings. The van der Waals surface area contributed by atoms with Gasteiger partial charge in [-0.25, -0.2) is 0 Å². The fourth-order valence-corrected chi connectivity index (χ4v) is 3.91. The van der Waals surface area contributed by atoms with Gasteiger partial charge in [0.25, 0.3) is 0 Å². The highest BCUT2D eigenvalue weighted by Crippen LogP contribution is 2.52. The van der Waals surface area contributed by atoms with Gasteiger partial charge in [-0.1, -0.05) is 30.7 Å². The van der Waals surface area contributed by atoms with E-state index in [-0.39, 0.29) is 0 Å². The Bertz CT molecular complexity index is 413. The molecule has 1 aliphatic rings. The Morgan fingerprint density at radius 1 is 1.50 bits per heavy atom. The second-order valence-electron chi connectivity index (χ2n) is 4.35. The quantitative estimate of drug-likeness (QED) is 0.896. The van der Waals surface area contributed by atoms with Gasteiger partial charge in [-0.2, -0.15) is 0 Å². The lowest BCUT2D eigenvalue weighted by Gasteiger charge is -2.42. The highest BCUT2D eigenvalue weighted by Gasteiger charge is 2.49. The van der Waals surface area contributed by atoms with Crippen molar-refractivity contribution in [2.45, 2.75) is 29.4 Å². The topological polar surface area (TPSA) is 37.3 Å². The summed E-state index contributed by atoms with van der Waals surface area (Å²) in [5.41, 5.74) is 0. The van der Waals surface area contributed by atoms with Gasteiger partial charge in [0.1, 0.15) is 4.75 Å². The maximum Gasteiger partial charge on any atom is 0.320 e. The van der Waals surface area contributed by atoms with Gasteiger partial charge in [-0.05, 0) is 30.9 Å². The predicted molar refractivity (Wildman–Crippen MR) is 66.1 cm³/mol. The molecule has 0 amide bonds. The number of rotatable bonds is 3. The molecule has 0 saturated heterocycles. The predicted octanol–water partition coefficient (Wildman–Crippen LogP) is 3.69. The lowest BCUT2D eigenvalue weighted by molar-refractivity contribution is -0.143. The van der Waals surface area contributed by atoms with Crippen molar-refractivity contribution >= 4 is 29.3 Å². The van der Waals surface area contributed by atoms with E-state index in [0.29, 0.717) is 10.9 Å². The highest BCUT2D eigenvalue weighted by atomic mass is 35.5. The Morgan fingerprint density at radius 2 is 2.12 bits per heavy atom. The van der Waals surface area contributed by atoms with Crippen LogP contribution in [-0.4, -0.2) is 15.8 Å². The van der Waals surface area contributed by atoms with E-state index in [0.717, 1.165) is 17.7 Å². The van der Waals surface area contributed by atoms with E-state index in [2.05, 4.69) is 6.92 Å². The van der Waals surface area contributed by atoms with Crippen LogP contribution in [0.3, 0.4) is 0 Å². The van der Waals surface area contributed by atoms with Crippen LogP contribution in [-0.2, 0) is 4.79 Å². The van der Waals surface area contributed by atoms with E-state index in [1.54, 1.807) is 6.07 Å². The van der Waals surface area contributed by atoms with Gasteiger partial charge in [0, 0.05) is 4.90 Å². The lowest BCUT2D eigenvalue weighted by atomic mass is 9.75. The summed E-state index contributed by atoms with van der Waals surface area (Å²) in [5, 5.41) is 9.92. The molecule has 0 aliphatic heterocycles. The molecule has 2 rings (SSSR count). The van der Waals surface area contributed by atoms with Crippen LogP contribution < -0.4 is 0 Å². The molecule has 16 heavy (non-hydrogen) atoms. The highest BCUT2D eigenvalue weighted by molar-refractivity contribution is 8.01. The summed E-state index contributed by atoms with van der Waals surface area (Å²) >= 11 is 7.42. The van der Waals surface area contributed by atoms with Crippen molar-refractivity contribution in [3.8, 4) is 0 Å². The minimum absolute atomic E-state index is 0.492. The first-order chi connectivity index (χ1) is 7.53. The van der Waals surface area contributed by atoms with E-state index in [9.17, 15) is 9.90 Å². The van der Waals surface area contributed by atoms with Crippen LogP contribution in [0.5, 0.6) is 0 Å². The van der Waals surface area contributed by atoms with E-state index >= 15 is 0 Å². The third-order valence-electron chi connectivity index (χ3n) is 2.89. The average Bonchev–Trinajstić information content (AvgIpc) is 2.18. The third kappa shape index (κ3) is 2.06. The van der Waals surface area contributed by atoms with Crippen LogP contribution in [0, 0.1) is 5.92 Å². The Balaban J connectivity index is 2.20. The van der Waals surface area contributed by atoms with Crippen molar-refractivity contribution in [2.75, 3.05) is 0 Å². The summed E-state index contributed by atoms with van der Waals surface area (Å²) in [6.45, 7) is 2.08. The maximum absolute atomic E-state index is 11.3. The molecule has 0 heterocycles. The standard InChI is InChI=1S/C12H13ClO2S/c1-8-6-12(7-8,11(14)15)16-10-5-3-2-4-9(10)13/h2-5,8H,6-7H2,1H3,(H,14,15). The number of carboxylic acids is 1. The smallest absolute Gasteiger partial charge is 0.320 e. The van der Waals surface area contributed by atoms with Gasteiger partial charge < -0.3 is 5.11 Å². The maximum atomic E-state index is 11.3. The monoisotopic (exact) mass is 256 g/mol. The number of aliphatic carboxylic acids is 1. The van der Waals surface area contributed by atoms with E-state index < -0.39 is 10.7 Å². The zero-order chi connectivity index (χ0) is 11.8. The molecule has 0 spiro atoms. The summed E-state index contributed by atoms with van der Waals surface area (Å²) < 4.78 is -0.662. The molecule has 0 bridgehead atoms. The van der Waals surface area contributed by atoms with Crippen LogP contribution in [0.1, 0.15) is 19.8 Å². The zero-order valence-electron chi connectivity index (χ0n) is 8.94. The fourth-order valence-electron chi connectivity index (χ4n) is 2.11. The molecule has 1 N–H and O–H groups in total. The molecule has 1 aromatic rings. The molecule has 0 atom stereocenters. The Morgan fingerprint density at radius 3 is 2.62 bits per heavy atom. The second-order valence-corrected chi connectivity index (χ2v) is 6.18. The number of hydrogen-bond donors (Lipinski definition) is 1. The average molecular weight is 257 g/mol. The molecule has 86 valence electrons. The molecule has 0 aromatic heterocycles. The van der Waals surface area contributed by atoms with Crippen molar-refractivity contribution in [3.05, 3.63) is 29.3 Å². The van der Waals surface area contributed by atoms with Crippen molar-refractivity contribution in [1.82, 2.24) is 0 Å². The Hall–Kier alpha value is -0.670. The largest absolute Gasteiger partial charge is 0.480 e. The molecule has 0 unspecified atom stereocenters. The van der Waals surface area contributed by atoms with Crippen LogP contribution >= 0.6 is 23.4 Å². The minimum atomic E-state index is -0.726. The molecule has 0 radical (unpaired) electrons. The summed E-state index contributed by atoms with van der Waals surface area (Å²) in [5.74, 6) is -0.235. The van der Waals surface area contributed by atoms with E-state index in [1.807, 2.05) is 18.2 Å². The summed E-state index contributed by atoms with van der Waals surface area (Å²) in [6.07, 6.45) is 1.44. The van der Waals surface area contributed by atoms with Crippen LogP contribution in [0.15, 0.2) is 29.2 Å². The van der Waals surface area contributed by atoms with Crippen LogP contribution in [0.4, 0.5) is 0 Å². The van der Waals surface area contributed by atoms with Gasteiger partial charge in [0.05, 0.1) is 5.02 Å². The number of halogens is 1. The molecular formula is C12H13ClO2S. The summed E-state index contributed by atoms with van der Waals surface area (Å²) in [4.78, 5) is 12.2. The number of benzene rings is 1. The van der Waals surface area contributed by atoms with Crippen LogP contribution in [0.2, 0.25) is 5.02 Å².